The summed E-state index contributed by atoms with van der Waals surface area (Å²) in [5, 5.41) is 1.12. The van der Waals surface area contributed by atoms with Gasteiger partial charge in [-0.1, -0.05) is 0 Å². The van der Waals surface area contributed by atoms with Gasteiger partial charge in [-0.05, 0) is 38.5 Å². The molecule has 0 saturated heterocycles. The van der Waals surface area contributed by atoms with Crippen LogP contribution in [0.2, 0.25) is 0 Å². The van der Waals surface area contributed by atoms with Crippen molar-refractivity contribution < 1.29 is 4.74 Å². The second-order valence-corrected chi connectivity index (χ2v) is 4.04. The fourth-order valence-electron chi connectivity index (χ4n) is 2.36. The SMILES string of the molecule is CCn1c(C)c(C)c2c(N)ccc(OC)c21. The first kappa shape index (κ1) is 10.9. The maximum atomic E-state index is 6.05. The molecule has 16 heavy (non-hydrogen) atoms. The summed E-state index contributed by atoms with van der Waals surface area (Å²) in [5.74, 6) is 0.891. The molecular weight excluding hydrogens is 200 g/mol. The summed E-state index contributed by atoms with van der Waals surface area (Å²) in [7, 11) is 1.70. The lowest BCUT2D eigenvalue weighted by atomic mass is 10.1. The summed E-state index contributed by atoms with van der Waals surface area (Å²) in [6, 6.07) is 3.84. The van der Waals surface area contributed by atoms with Crippen LogP contribution < -0.4 is 10.5 Å². The first-order valence-electron chi connectivity index (χ1n) is 5.53. The topological polar surface area (TPSA) is 40.2 Å². The summed E-state index contributed by atoms with van der Waals surface area (Å²) < 4.78 is 7.67. The van der Waals surface area contributed by atoms with Crippen LogP contribution in [0.5, 0.6) is 5.75 Å². The number of aryl methyl sites for hydroxylation is 2. The summed E-state index contributed by atoms with van der Waals surface area (Å²) in [5.41, 5.74) is 10.5. The van der Waals surface area contributed by atoms with Crippen LogP contribution in [-0.2, 0) is 6.54 Å². The molecule has 1 aromatic heterocycles. The van der Waals surface area contributed by atoms with Crippen molar-refractivity contribution in [3.05, 3.63) is 23.4 Å². The molecule has 2 rings (SSSR count). The van der Waals surface area contributed by atoms with Gasteiger partial charge in [-0.15, -0.1) is 0 Å². The van der Waals surface area contributed by atoms with E-state index in [1.807, 2.05) is 12.1 Å². The smallest absolute Gasteiger partial charge is 0.143 e. The van der Waals surface area contributed by atoms with Crippen molar-refractivity contribution in [3.63, 3.8) is 0 Å². The lowest BCUT2D eigenvalue weighted by Crippen LogP contribution is -1.98. The number of nitrogens with two attached hydrogens (primary N) is 1. The van der Waals surface area contributed by atoms with Crippen molar-refractivity contribution >= 4 is 16.6 Å². The van der Waals surface area contributed by atoms with E-state index in [-0.39, 0.29) is 0 Å². The lowest BCUT2D eigenvalue weighted by Gasteiger charge is -2.09. The first-order valence-corrected chi connectivity index (χ1v) is 5.53. The van der Waals surface area contributed by atoms with Crippen LogP contribution in [0.3, 0.4) is 0 Å². The molecule has 1 heterocycles. The van der Waals surface area contributed by atoms with E-state index in [2.05, 4.69) is 25.3 Å². The summed E-state index contributed by atoms with van der Waals surface area (Å²) in [6.07, 6.45) is 0. The van der Waals surface area contributed by atoms with Crippen LogP contribution in [0.4, 0.5) is 5.69 Å². The van der Waals surface area contributed by atoms with Gasteiger partial charge in [-0.3, -0.25) is 0 Å². The molecule has 0 fully saturated rings. The number of nitrogens with zero attached hydrogens (tertiary/aromatic N) is 1. The Labute approximate surface area is 95.8 Å². The second-order valence-electron chi connectivity index (χ2n) is 4.04. The number of anilines is 1. The molecule has 0 radical (unpaired) electrons. The molecule has 2 aromatic rings. The Bertz CT molecular complexity index is 541. The predicted octanol–water partition coefficient (Wildman–Crippen LogP) is 2.87. The van der Waals surface area contributed by atoms with E-state index in [9.17, 15) is 0 Å². The van der Waals surface area contributed by atoms with Gasteiger partial charge in [0.1, 0.15) is 5.75 Å². The normalized spacial score (nSPS) is 11.0. The van der Waals surface area contributed by atoms with Crippen LogP contribution in [0.1, 0.15) is 18.2 Å². The van der Waals surface area contributed by atoms with Gasteiger partial charge in [-0.25, -0.2) is 0 Å². The van der Waals surface area contributed by atoms with Gasteiger partial charge in [0.25, 0.3) is 0 Å². The number of ether oxygens (including phenoxy) is 1. The number of fused-ring (bicyclic) bond motifs is 1. The highest BCUT2D eigenvalue weighted by Gasteiger charge is 2.15. The van der Waals surface area contributed by atoms with Crippen molar-refractivity contribution in [1.82, 2.24) is 4.57 Å². The molecule has 0 spiro atoms. The fourth-order valence-corrected chi connectivity index (χ4v) is 2.36. The number of aromatic nitrogens is 1. The van der Waals surface area contributed by atoms with Crippen LogP contribution in [-0.4, -0.2) is 11.7 Å². The monoisotopic (exact) mass is 218 g/mol. The number of methoxy groups -OCH3 is 1. The summed E-state index contributed by atoms with van der Waals surface area (Å²) in [4.78, 5) is 0. The Balaban J connectivity index is 2.98. The molecule has 0 amide bonds. The van der Waals surface area contributed by atoms with E-state index in [4.69, 9.17) is 10.5 Å². The lowest BCUT2D eigenvalue weighted by molar-refractivity contribution is 0.417. The molecule has 1 aromatic carbocycles. The molecule has 0 bridgehead atoms. The Kier molecular flexibility index (Phi) is 2.54. The van der Waals surface area contributed by atoms with E-state index >= 15 is 0 Å². The first-order chi connectivity index (χ1) is 7.61. The molecule has 0 aliphatic rings. The molecule has 3 heteroatoms. The number of rotatable bonds is 2. The van der Waals surface area contributed by atoms with E-state index in [0.29, 0.717) is 0 Å². The Hall–Kier alpha value is -1.64. The third kappa shape index (κ3) is 1.28. The number of hydrogen-bond acceptors (Lipinski definition) is 2. The zero-order valence-electron chi connectivity index (χ0n) is 10.3. The second kappa shape index (κ2) is 3.74. The summed E-state index contributed by atoms with van der Waals surface area (Å²) in [6.45, 7) is 7.29. The van der Waals surface area contributed by atoms with Gasteiger partial charge in [0.2, 0.25) is 0 Å². The van der Waals surface area contributed by atoms with Crippen molar-refractivity contribution in [1.29, 1.82) is 0 Å². The van der Waals surface area contributed by atoms with Crippen LogP contribution >= 0.6 is 0 Å². The van der Waals surface area contributed by atoms with Crippen LogP contribution in [0.25, 0.3) is 10.9 Å². The van der Waals surface area contributed by atoms with Gasteiger partial charge in [0.15, 0.2) is 0 Å². The van der Waals surface area contributed by atoms with Crippen molar-refractivity contribution in [2.45, 2.75) is 27.3 Å². The Morgan fingerprint density at radius 3 is 2.56 bits per heavy atom. The minimum atomic E-state index is 0.823. The van der Waals surface area contributed by atoms with Crippen LogP contribution in [0.15, 0.2) is 12.1 Å². The maximum Gasteiger partial charge on any atom is 0.143 e. The zero-order chi connectivity index (χ0) is 11.9. The average Bonchev–Trinajstić information content (AvgIpc) is 2.54. The highest BCUT2D eigenvalue weighted by molar-refractivity contribution is 5.99. The molecular formula is C13H18N2O. The van der Waals surface area contributed by atoms with Crippen molar-refractivity contribution in [3.8, 4) is 5.75 Å². The van der Waals surface area contributed by atoms with E-state index < -0.39 is 0 Å². The standard InChI is InChI=1S/C13H18N2O/c1-5-15-9(3)8(2)12-10(14)6-7-11(16-4)13(12)15/h6-7H,5,14H2,1-4H3. The maximum absolute atomic E-state index is 6.05. The van der Waals surface area contributed by atoms with Gasteiger partial charge >= 0.3 is 0 Å². The predicted molar refractivity (Wildman–Crippen MR) is 68.1 cm³/mol. The van der Waals surface area contributed by atoms with Crippen LogP contribution in [0, 0.1) is 13.8 Å². The van der Waals surface area contributed by atoms with Gasteiger partial charge < -0.3 is 15.0 Å². The van der Waals surface area contributed by atoms with Gasteiger partial charge in [0, 0.05) is 23.3 Å². The van der Waals surface area contributed by atoms with Gasteiger partial charge in [-0.2, -0.15) is 0 Å². The van der Waals surface area contributed by atoms with E-state index in [1.165, 1.54) is 11.3 Å². The third-order valence-corrected chi connectivity index (χ3v) is 3.30. The molecule has 0 aliphatic carbocycles. The average molecular weight is 218 g/mol. The number of hydrogen-bond donors (Lipinski definition) is 1. The van der Waals surface area contributed by atoms with E-state index in [0.717, 1.165) is 28.9 Å². The zero-order valence-corrected chi connectivity index (χ0v) is 10.3. The van der Waals surface area contributed by atoms with Crippen molar-refractivity contribution in [2.24, 2.45) is 0 Å². The fraction of sp³-hybridized carbons (Fsp3) is 0.385. The molecule has 0 aliphatic heterocycles. The highest BCUT2D eigenvalue weighted by atomic mass is 16.5. The Morgan fingerprint density at radius 1 is 1.31 bits per heavy atom. The molecule has 0 atom stereocenters. The Morgan fingerprint density at radius 2 is 2.00 bits per heavy atom. The largest absolute Gasteiger partial charge is 0.495 e. The summed E-state index contributed by atoms with van der Waals surface area (Å²) >= 11 is 0. The molecule has 0 saturated carbocycles. The molecule has 3 nitrogen and oxygen atoms in total. The quantitative estimate of drug-likeness (QED) is 0.787. The molecule has 2 N–H and O–H groups in total. The van der Waals surface area contributed by atoms with Crippen molar-refractivity contribution in [2.75, 3.05) is 12.8 Å². The number of benzene rings is 1. The van der Waals surface area contributed by atoms with Gasteiger partial charge in [0.05, 0.1) is 12.6 Å². The van der Waals surface area contributed by atoms with E-state index in [1.54, 1.807) is 7.11 Å². The number of nitrogen functional groups attached to an aromatic ring is 1. The minimum Gasteiger partial charge on any atom is -0.495 e. The highest BCUT2D eigenvalue weighted by Crippen LogP contribution is 2.36. The minimum absolute atomic E-state index is 0.823. The third-order valence-electron chi connectivity index (χ3n) is 3.30. The molecule has 86 valence electrons. The molecule has 0 unspecified atom stereocenters.